The predicted molar refractivity (Wildman–Crippen MR) is 78.9 cm³/mol. The summed E-state index contributed by atoms with van der Waals surface area (Å²) in [7, 11) is 0. The number of hydrogen-bond donors (Lipinski definition) is 0. The number of nitro groups is 1. The molecule has 0 aliphatic rings. The van der Waals surface area contributed by atoms with E-state index in [2.05, 4.69) is 0 Å². The second-order valence-electron chi connectivity index (χ2n) is 4.24. The molecule has 0 atom stereocenters. The molecule has 0 N–H and O–H groups in total. The second kappa shape index (κ2) is 5.83. The Morgan fingerprint density at radius 2 is 1.85 bits per heavy atom. The Morgan fingerprint density at radius 1 is 1.10 bits per heavy atom. The van der Waals surface area contributed by atoms with Crippen LogP contribution in [0.5, 0.6) is 0 Å². The largest absolute Gasteiger partial charge is 0.433 e. The van der Waals surface area contributed by atoms with E-state index in [1.165, 1.54) is 6.07 Å². The monoisotopic (exact) mass is 335 g/mol. The minimum atomic E-state index is -0.533. The molecular formula is C14H12BrN2O3+. The molecule has 0 saturated heterocycles. The third-order valence-corrected chi connectivity index (χ3v) is 2.91. The average Bonchev–Trinajstić information content (AvgIpc) is 2.87. The summed E-state index contributed by atoms with van der Waals surface area (Å²) in [6, 6.07) is 13.0. The molecule has 0 aliphatic heterocycles. The van der Waals surface area contributed by atoms with Crippen molar-refractivity contribution in [2.45, 2.75) is 6.54 Å². The Hall–Kier alpha value is -2.21. The van der Waals surface area contributed by atoms with Crippen LogP contribution in [0.25, 0.3) is 10.8 Å². The minimum Gasteiger partial charge on any atom is -0.399 e. The van der Waals surface area contributed by atoms with Gasteiger partial charge < -0.3 is 4.42 Å². The quantitative estimate of drug-likeness (QED) is 0.419. The van der Waals surface area contributed by atoms with E-state index in [0.717, 1.165) is 10.8 Å². The summed E-state index contributed by atoms with van der Waals surface area (Å²) in [4.78, 5) is 10.0. The maximum atomic E-state index is 10.5. The van der Waals surface area contributed by atoms with Crippen LogP contribution in [0.15, 0.2) is 59.3 Å². The van der Waals surface area contributed by atoms with Crippen LogP contribution >= 0.6 is 17.0 Å². The van der Waals surface area contributed by atoms with E-state index >= 15 is 0 Å². The summed E-state index contributed by atoms with van der Waals surface area (Å²) in [5.41, 5.74) is 0. The Balaban J connectivity index is 0.00000147. The molecule has 2 aromatic heterocycles. The number of rotatable bonds is 3. The summed E-state index contributed by atoms with van der Waals surface area (Å²) >= 11 is 0. The van der Waals surface area contributed by atoms with E-state index < -0.39 is 4.92 Å². The third kappa shape index (κ3) is 2.85. The molecule has 0 saturated carbocycles. The van der Waals surface area contributed by atoms with Gasteiger partial charge in [-0.1, -0.05) is 18.2 Å². The van der Waals surface area contributed by atoms with Crippen LogP contribution in [-0.2, 0) is 6.54 Å². The summed E-state index contributed by atoms with van der Waals surface area (Å²) in [5, 5.41) is 12.8. The minimum absolute atomic E-state index is 0. The van der Waals surface area contributed by atoms with Crippen molar-refractivity contribution in [2.75, 3.05) is 0 Å². The van der Waals surface area contributed by atoms with Gasteiger partial charge in [0.25, 0.3) is 0 Å². The van der Waals surface area contributed by atoms with Gasteiger partial charge in [-0.2, -0.15) is 4.57 Å². The summed E-state index contributed by atoms with van der Waals surface area (Å²) < 4.78 is 7.08. The van der Waals surface area contributed by atoms with Crippen molar-refractivity contribution in [1.82, 2.24) is 0 Å². The first-order chi connectivity index (χ1) is 9.22. The first-order valence-corrected chi connectivity index (χ1v) is 5.83. The molecule has 0 aliphatic carbocycles. The Kier molecular flexibility index (Phi) is 4.14. The van der Waals surface area contributed by atoms with Crippen LogP contribution in [0.4, 0.5) is 5.88 Å². The number of fused-ring (bicyclic) bond motifs is 1. The van der Waals surface area contributed by atoms with Crippen LogP contribution < -0.4 is 4.57 Å². The molecular weight excluding hydrogens is 324 g/mol. The van der Waals surface area contributed by atoms with Crippen LogP contribution in [0.3, 0.4) is 0 Å². The lowest BCUT2D eigenvalue weighted by molar-refractivity contribution is -0.688. The SMILES string of the molecule is Br.O=[N+]([O-])c1ccc(C[n+]2ccc3ccccc3c2)o1. The van der Waals surface area contributed by atoms with Gasteiger partial charge >= 0.3 is 5.88 Å². The standard InChI is InChI=1S/C14H11N2O3.BrH/c17-16(18)14-6-5-13(19-14)10-15-8-7-11-3-1-2-4-12(11)9-15;/h1-9H,10H2;1H/q+1;. The highest BCUT2D eigenvalue weighted by Gasteiger charge is 2.14. The molecule has 0 fully saturated rings. The van der Waals surface area contributed by atoms with E-state index in [1.807, 2.05) is 47.3 Å². The summed E-state index contributed by atoms with van der Waals surface area (Å²) in [6.45, 7) is 0.471. The zero-order chi connectivity index (χ0) is 13.2. The highest BCUT2D eigenvalue weighted by molar-refractivity contribution is 8.93. The van der Waals surface area contributed by atoms with Gasteiger partial charge in [-0.25, -0.2) is 0 Å². The smallest absolute Gasteiger partial charge is 0.399 e. The Bertz CT molecular complexity index is 755. The molecule has 2 heterocycles. The lowest BCUT2D eigenvalue weighted by atomic mass is 10.2. The van der Waals surface area contributed by atoms with Crippen molar-refractivity contribution in [3.63, 3.8) is 0 Å². The molecule has 3 rings (SSSR count). The van der Waals surface area contributed by atoms with E-state index in [-0.39, 0.29) is 22.9 Å². The van der Waals surface area contributed by atoms with Crippen LogP contribution in [-0.4, -0.2) is 4.92 Å². The topological polar surface area (TPSA) is 60.2 Å². The van der Waals surface area contributed by atoms with E-state index in [9.17, 15) is 10.1 Å². The highest BCUT2D eigenvalue weighted by Crippen LogP contribution is 2.15. The molecule has 0 unspecified atom stereocenters. The first kappa shape index (κ1) is 14.2. The van der Waals surface area contributed by atoms with Crippen LogP contribution in [0.1, 0.15) is 5.76 Å². The van der Waals surface area contributed by atoms with Gasteiger partial charge in [0.15, 0.2) is 18.2 Å². The Labute approximate surface area is 125 Å². The molecule has 1 aromatic carbocycles. The van der Waals surface area contributed by atoms with Crippen LogP contribution in [0.2, 0.25) is 0 Å². The van der Waals surface area contributed by atoms with Crippen molar-refractivity contribution in [2.24, 2.45) is 0 Å². The molecule has 102 valence electrons. The first-order valence-electron chi connectivity index (χ1n) is 5.83. The molecule has 0 spiro atoms. The van der Waals surface area contributed by atoms with Crippen LogP contribution in [0, 0.1) is 10.1 Å². The zero-order valence-electron chi connectivity index (χ0n) is 10.4. The number of nitrogens with zero attached hydrogens (tertiary/aromatic N) is 2. The van der Waals surface area contributed by atoms with Crippen molar-refractivity contribution in [3.8, 4) is 0 Å². The lowest BCUT2D eigenvalue weighted by Crippen LogP contribution is -2.32. The third-order valence-electron chi connectivity index (χ3n) is 2.91. The zero-order valence-corrected chi connectivity index (χ0v) is 12.1. The van der Waals surface area contributed by atoms with Gasteiger partial charge in [0.05, 0.1) is 6.07 Å². The van der Waals surface area contributed by atoms with Gasteiger partial charge in [-0.3, -0.25) is 10.1 Å². The van der Waals surface area contributed by atoms with E-state index in [4.69, 9.17) is 4.42 Å². The van der Waals surface area contributed by atoms with Gasteiger partial charge in [0, 0.05) is 11.5 Å². The van der Waals surface area contributed by atoms with Crippen molar-refractivity contribution in [1.29, 1.82) is 0 Å². The lowest BCUT2D eigenvalue weighted by Gasteiger charge is -1.97. The molecule has 20 heavy (non-hydrogen) atoms. The Morgan fingerprint density at radius 3 is 2.55 bits per heavy atom. The summed E-state index contributed by atoms with van der Waals surface area (Å²) in [6.07, 6.45) is 3.92. The van der Waals surface area contributed by atoms with Gasteiger partial charge in [0.2, 0.25) is 6.54 Å². The van der Waals surface area contributed by atoms with E-state index in [0.29, 0.717) is 12.3 Å². The number of hydrogen-bond acceptors (Lipinski definition) is 3. The molecule has 6 heteroatoms. The molecule has 0 bridgehead atoms. The molecule has 0 amide bonds. The fourth-order valence-corrected chi connectivity index (χ4v) is 2.01. The maximum absolute atomic E-state index is 10.5. The predicted octanol–water partition coefficient (Wildman–Crippen LogP) is 3.25. The number of benzene rings is 1. The second-order valence-corrected chi connectivity index (χ2v) is 4.24. The molecule has 5 nitrogen and oxygen atoms in total. The number of pyridine rings is 1. The maximum Gasteiger partial charge on any atom is 0.433 e. The summed E-state index contributed by atoms with van der Waals surface area (Å²) in [5.74, 6) is 0.336. The van der Waals surface area contributed by atoms with E-state index in [1.54, 1.807) is 6.07 Å². The fraction of sp³-hybridized carbons (Fsp3) is 0.0714. The highest BCUT2D eigenvalue weighted by atomic mass is 79.9. The molecule has 0 radical (unpaired) electrons. The van der Waals surface area contributed by atoms with Gasteiger partial charge in [-0.15, -0.1) is 17.0 Å². The normalized spacial score (nSPS) is 10.2. The molecule has 3 aromatic rings. The fourth-order valence-electron chi connectivity index (χ4n) is 2.01. The number of furan rings is 1. The number of halogens is 1. The van der Waals surface area contributed by atoms with Gasteiger partial charge in [0.1, 0.15) is 4.92 Å². The van der Waals surface area contributed by atoms with Gasteiger partial charge in [-0.05, 0) is 17.5 Å². The van der Waals surface area contributed by atoms with Crippen molar-refractivity contribution in [3.05, 3.63) is 70.7 Å². The number of aromatic nitrogens is 1. The van der Waals surface area contributed by atoms with Crippen molar-refractivity contribution < 1.29 is 13.9 Å². The average molecular weight is 336 g/mol. The van der Waals surface area contributed by atoms with Crippen molar-refractivity contribution >= 4 is 33.6 Å².